The van der Waals surface area contributed by atoms with Gasteiger partial charge in [0, 0.05) is 20.0 Å². The van der Waals surface area contributed by atoms with Crippen LogP contribution in [0.25, 0.3) is 0 Å². The van der Waals surface area contributed by atoms with E-state index >= 15 is 0 Å². The molecule has 0 aliphatic carbocycles. The van der Waals surface area contributed by atoms with Gasteiger partial charge in [-0.25, -0.2) is 0 Å². The molecule has 1 aliphatic heterocycles. The van der Waals surface area contributed by atoms with Gasteiger partial charge >= 0.3 is 0 Å². The quantitative estimate of drug-likeness (QED) is 0.825. The zero-order valence-corrected chi connectivity index (χ0v) is 12.1. The molecule has 1 aliphatic rings. The summed E-state index contributed by atoms with van der Waals surface area (Å²) in [7, 11) is 5.73. The van der Waals surface area contributed by atoms with Crippen LogP contribution in [0.4, 0.5) is 0 Å². The van der Waals surface area contributed by atoms with Crippen molar-refractivity contribution in [2.75, 3.05) is 34.3 Å². The summed E-state index contributed by atoms with van der Waals surface area (Å²) < 4.78 is 5.83. The Morgan fingerprint density at radius 3 is 2.63 bits per heavy atom. The number of hydrogen-bond donors (Lipinski definition) is 0. The van der Waals surface area contributed by atoms with Gasteiger partial charge in [-0.2, -0.15) is 0 Å². The Morgan fingerprint density at radius 2 is 2.00 bits per heavy atom. The van der Waals surface area contributed by atoms with Crippen molar-refractivity contribution in [2.24, 2.45) is 0 Å². The summed E-state index contributed by atoms with van der Waals surface area (Å²) in [5.74, 6) is 1.02. The number of hydrogen-bond acceptors (Lipinski definition) is 3. The van der Waals surface area contributed by atoms with E-state index in [1.807, 2.05) is 57.2 Å². The van der Waals surface area contributed by atoms with Crippen LogP contribution in [-0.4, -0.2) is 55.5 Å². The smallest absolute Gasteiger partial charge is 0.246 e. The Balaban J connectivity index is 2.36. The Kier molecular flexibility index (Phi) is 3.80. The number of carbonyl (C=O) groups is 1. The maximum Gasteiger partial charge on any atom is 0.246 e. The van der Waals surface area contributed by atoms with E-state index in [2.05, 4.69) is 0 Å². The third-order valence-corrected chi connectivity index (χ3v) is 4.00. The summed E-state index contributed by atoms with van der Waals surface area (Å²) >= 11 is 0. The largest absolute Gasteiger partial charge is 0.491 e. The number of para-hydroxylation sites is 1. The summed E-state index contributed by atoms with van der Waals surface area (Å²) in [6, 6.07) is 7.94. The van der Waals surface area contributed by atoms with E-state index in [1.165, 1.54) is 0 Å². The normalized spacial score (nSPS) is 21.7. The minimum atomic E-state index is -0.598. The molecule has 1 aromatic rings. The molecule has 1 aromatic carbocycles. The molecule has 0 aromatic heterocycles. The first-order valence-corrected chi connectivity index (χ1v) is 6.65. The van der Waals surface area contributed by atoms with Crippen molar-refractivity contribution in [3.63, 3.8) is 0 Å². The third kappa shape index (κ3) is 2.32. The third-order valence-electron chi connectivity index (χ3n) is 4.00. The maximum atomic E-state index is 12.7. The van der Waals surface area contributed by atoms with E-state index < -0.39 is 5.54 Å². The first-order chi connectivity index (χ1) is 9.01. The van der Waals surface area contributed by atoms with Crippen molar-refractivity contribution in [1.29, 1.82) is 0 Å². The molecule has 104 valence electrons. The van der Waals surface area contributed by atoms with Crippen molar-refractivity contribution in [3.8, 4) is 5.75 Å². The molecule has 1 heterocycles. The summed E-state index contributed by atoms with van der Waals surface area (Å²) in [4.78, 5) is 16.5. The fourth-order valence-electron chi connectivity index (χ4n) is 2.47. The molecule has 2 rings (SSSR count). The number of nitrogens with zero attached hydrogens (tertiary/aromatic N) is 2. The predicted molar refractivity (Wildman–Crippen MR) is 75.4 cm³/mol. The highest BCUT2D eigenvalue weighted by Gasteiger charge is 2.46. The van der Waals surface area contributed by atoms with Crippen molar-refractivity contribution >= 4 is 5.91 Å². The second kappa shape index (κ2) is 5.21. The van der Waals surface area contributed by atoms with E-state index in [0.717, 1.165) is 11.3 Å². The molecule has 1 amide bonds. The summed E-state index contributed by atoms with van der Waals surface area (Å²) in [6.45, 7) is 3.09. The van der Waals surface area contributed by atoms with Gasteiger partial charge in [0.25, 0.3) is 0 Å². The number of carbonyl (C=O) groups excluding carboxylic acids is 1. The minimum Gasteiger partial charge on any atom is -0.491 e. The molecular weight excluding hydrogens is 240 g/mol. The SMILES string of the molecule is CCN(C)C(=O)C1(N(C)C)COc2ccccc2C1. The van der Waals surface area contributed by atoms with E-state index in [4.69, 9.17) is 4.74 Å². The van der Waals surface area contributed by atoms with Gasteiger partial charge in [0.15, 0.2) is 0 Å². The number of ether oxygens (including phenoxy) is 1. The van der Waals surface area contributed by atoms with Crippen LogP contribution in [0.5, 0.6) is 5.75 Å². The molecular formula is C15H22N2O2. The highest BCUT2D eigenvalue weighted by Crippen LogP contribution is 2.32. The number of rotatable bonds is 3. The predicted octanol–water partition coefficient (Wildman–Crippen LogP) is 1.40. The van der Waals surface area contributed by atoms with Crippen molar-refractivity contribution in [1.82, 2.24) is 9.80 Å². The molecule has 0 saturated heterocycles. The topological polar surface area (TPSA) is 32.8 Å². The summed E-state index contributed by atoms with van der Waals surface area (Å²) in [5, 5.41) is 0. The fraction of sp³-hybridized carbons (Fsp3) is 0.533. The van der Waals surface area contributed by atoms with Crippen LogP contribution >= 0.6 is 0 Å². The van der Waals surface area contributed by atoms with Gasteiger partial charge in [-0.05, 0) is 32.6 Å². The van der Waals surface area contributed by atoms with Crippen LogP contribution in [0.15, 0.2) is 24.3 Å². The van der Waals surface area contributed by atoms with E-state index in [1.54, 1.807) is 4.90 Å². The van der Waals surface area contributed by atoms with E-state index in [9.17, 15) is 4.79 Å². The number of benzene rings is 1. The lowest BCUT2D eigenvalue weighted by molar-refractivity contribution is -0.144. The highest BCUT2D eigenvalue weighted by molar-refractivity contribution is 5.87. The molecule has 19 heavy (non-hydrogen) atoms. The van der Waals surface area contributed by atoms with E-state index in [-0.39, 0.29) is 5.91 Å². The molecule has 0 bridgehead atoms. The summed E-state index contributed by atoms with van der Waals surface area (Å²) in [6.07, 6.45) is 0.694. The van der Waals surface area contributed by atoms with Crippen LogP contribution in [0.3, 0.4) is 0 Å². The molecule has 4 nitrogen and oxygen atoms in total. The standard InChI is InChI=1S/C15H22N2O2/c1-5-17(4)14(18)15(16(2)3)10-12-8-6-7-9-13(12)19-11-15/h6-9H,5,10-11H2,1-4H3. The summed E-state index contributed by atoms with van der Waals surface area (Å²) in [5.41, 5.74) is 0.499. The lowest BCUT2D eigenvalue weighted by atomic mass is 9.86. The Morgan fingerprint density at radius 1 is 1.32 bits per heavy atom. The second-order valence-electron chi connectivity index (χ2n) is 5.32. The van der Waals surface area contributed by atoms with Gasteiger partial charge in [0.2, 0.25) is 5.91 Å². The van der Waals surface area contributed by atoms with Crippen molar-refractivity contribution in [3.05, 3.63) is 29.8 Å². The molecule has 4 heteroatoms. The van der Waals surface area contributed by atoms with Crippen LogP contribution in [0, 0.1) is 0 Å². The molecule has 0 spiro atoms. The van der Waals surface area contributed by atoms with Gasteiger partial charge in [-0.1, -0.05) is 18.2 Å². The maximum absolute atomic E-state index is 12.7. The molecule has 1 atom stereocenters. The average molecular weight is 262 g/mol. The number of amides is 1. The second-order valence-corrected chi connectivity index (χ2v) is 5.32. The Bertz CT molecular complexity index is 473. The molecule has 0 fully saturated rings. The highest BCUT2D eigenvalue weighted by atomic mass is 16.5. The zero-order valence-electron chi connectivity index (χ0n) is 12.1. The fourth-order valence-corrected chi connectivity index (χ4v) is 2.47. The van der Waals surface area contributed by atoms with Gasteiger partial charge < -0.3 is 9.64 Å². The molecule has 0 saturated carbocycles. The van der Waals surface area contributed by atoms with Gasteiger partial charge in [0.1, 0.15) is 17.9 Å². The molecule has 0 N–H and O–H groups in total. The average Bonchev–Trinajstić information content (AvgIpc) is 2.44. The van der Waals surface area contributed by atoms with Crippen LogP contribution in [-0.2, 0) is 11.2 Å². The number of likely N-dealkylation sites (N-methyl/N-ethyl adjacent to an activating group) is 2. The van der Waals surface area contributed by atoms with Crippen LogP contribution < -0.4 is 4.74 Å². The lowest BCUT2D eigenvalue weighted by Crippen LogP contribution is -2.62. The Hall–Kier alpha value is -1.55. The zero-order chi connectivity index (χ0) is 14.0. The van der Waals surface area contributed by atoms with Crippen LogP contribution in [0.1, 0.15) is 12.5 Å². The monoisotopic (exact) mass is 262 g/mol. The first kappa shape index (κ1) is 13.9. The molecule has 1 unspecified atom stereocenters. The number of fused-ring (bicyclic) bond motifs is 1. The van der Waals surface area contributed by atoms with Crippen LogP contribution in [0.2, 0.25) is 0 Å². The van der Waals surface area contributed by atoms with Crippen molar-refractivity contribution in [2.45, 2.75) is 18.9 Å². The lowest BCUT2D eigenvalue weighted by Gasteiger charge is -2.43. The molecule has 0 radical (unpaired) electrons. The Labute approximate surface area is 115 Å². The van der Waals surface area contributed by atoms with Gasteiger partial charge in [-0.3, -0.25) is 9.69 Å². The van der Waals surface area contributed by atoms with Gasteiger partial charge in [-0.15, -0.1) is 0 Å². The van der Waals surface area contributed by atoms with Gasteiger partial charge in [0.05, 0.1) is 0 Å². The first-order valence-electron chi connectivity index (χ1n) is 6.65. The van der Waals surface area contributed by atoms with E-state index in [0.29, 0.717) is 19.6 Å². The minimum absolute atomic E-state index is 0.120. The van der Waals surface area contributed by atoms with Crippen molar-refractivity contribution < 1.29 is 9.53 Å².